The first-order chi connectivity index (χ1) is 26.0. The SMILES string of the molecule is CC(C)(C)C(=O)CCCCN1/C(=C/C=C/C=C/C=C/C2=[N+](CCCCS(=O)(=O)O)c3c(ccc4ccccc34)C2(C)C)C(C)(C)c2ccc3ccccc3c21. The lowest BCUT2D eigenvalue weighted by molar-refractivity contribution is -0.436. The number of benzene rings is 4. The number of hydrogen-bond donors (Lipinski definition) is 1. The van der Waals surface area contributed by atoms with Gasteiger partial charge in [-0.15, -0.1) is 0 Å². The van der Waals surface area contributed by atoms with Gasteiger partial charge in [-0.1, -0.05) is 132 Å². The van der Waals surface area contributed by atoms with Crippen molar-refractivity contribution >= 4 is 54.5 Å². The van der Waals surface area contributed by atoms with Gasteiger partial charge >= 0.3 is 0 Å². The second kappa shape index (κ2) is 15.9. The minimum atomic E-state index is -4.00. The molecule has 0 bridgehead atoms. The molecule has 7 heteroatoms. The van der Waals surface area contributed by atoms with E-state index in [-0.39, 0.29) is 22.0 Å². The van der Waals surface area contributed by atoms with E-state index in [0.29, 0.717) is 31.6 Å². The number of allylic oxidation sites excluding steroid dienone is 8. The van der Waals surface area contributed by atoms with Crippen molar-refractivity contribution < 1.29 is 22.3 Å². The number of anilines is 1. The molecule has 0 saturated carbocycles. The van der Waals surface area contributed by atoms with Crippen LogP contribution in [-0.4, -0.2) is 47.9 Å². The predicted molar refractivity (Wildman–Crippen MR) is 231 cm³/mol. The normalized spacial score (nSPS) is 17.5. The summed E-state index contributed by atoms with van der Waals surface area (Å²) in [5.74, 6) is 0.0787. The van der Waals surface area contributed by atoms with Crippen LogP contribution < -0.4 is 4.90 Å². The quantitative estimate of drug-likeness (QED) is 0.0600. The van der Waals surface area contributed by atoms with Crippen LogP contribution >= 0.6 is 0 Å². The first-order valence-corrected chi connectivity index (χ1v) is 21.3. The van der Waals surface area contributed by atoms with Crippen LogP contribution in [0.1, 0.15) is 91.7 Å². The standard InChI is InChI=1S/C48H56N2O4S/c1-46(2,3)43(51)27-17-18-32-49-41(47(4,5)39-30-28-35-21-13-15-23-37(35)44(39)49)25-11-9-8-10-12-26-42-48(6,7)40-31-29-36-22-14-16-24-38(36)45(40)50(42)33-19-20-34-55(52,53)54/h8-16,21-26,28-31H,17-20,27,32-34H2,1-7H3/p+1. The predicted octanol–water partition coefficient (Wildman–Crippen LogP) is 11.2. The van der Waals surface area contributed by atoms with E-state index in [9.17, 15) is 17.8 Å². The van der Waals surface area contributed by atoms with E-state index in [1.54, 1.807) is 0 Å². The van der Waals surface area contributed by atoms with Crippen LogP contribution in [0.5, 0.6) is 0 Å². The van der Waals surface area contributed by atoms with E-state index >= 15 is 0 Å². The second-order valence-corrected chi connectivity index (χ2v) is 18.7. The molecular weight excluding hydrogens is 701 g/mol. The Kier molecular flexibility index (Phi) is 11.6. The molecule has 2 heterocycles. The summed E-state index contributed by atoms with van der Waals surface area (Å²) < 4.78 is 34.5. The Labute approximate surface area is 328 Å². The van der Waals surface area contributed by atoms with E-state index in [2.05, 4.69) is 152 Å². The summed E-state index contributed by atoms with van der Waals surface area (Å²) in [6.45, 7) is 16.6. The Bertz CT molecular complexity index is 2370. The Morgan fingerprint density at radius 1 is 0.745 bits per heavy atom. The minimum absolute atomic E-state index is 0.191. The Morgan fingerprint density at radius 2 is 1.36 bits per heavy atom. The van der Waals surface area contributed by atoms with Crippen LogP contribution in [-0.2, 0) is 25.7 Å². The average Bonchev–Trinajstić information content (AvgIpc) is 3.48. The Hall–Kier alpha value is -4.59. The minimum Gasteiger partial charge on any atom is -0.343 e. The molecule has 1 N–H and O–H groups in total. The van der Waals surface area contributed by atoms with Gasteiger partial charge in [0.15, 0.2) is 5.71 Å². The molecule has 0 aromatic heterocycles. The fourth-order valence-electron chi connectivity index (χ4n) is 8.32. The number of carbonyl (C=O) groups excluding carboxylic acids is 1. The molecule has 4 aromatic carbocycles. The van der Waals surface area contributed by atoms with Crippen LogP contribution in [0, 0.1) is 5.41 Å². The number of Topliss-reactive ketones (excluding diaryl/α,β-unsaturated/α-hetero) is 1. The molecule has 0 unspecified atom stereocenters. The summed E-state index contributed by atoms with van der Waals surface area (Å²) in [4.78, 5) is 15.2. The molecule has 0 saturated heterocycles. The molecule has 0 fully saturated rings. The van der Waals surface area contributed by atoms with Crippen LogP contribution in [0.25, 0.3) is 21.5 Å². The molecular formula is C48H57N2O4S+. The fraction of sp³-hybridized carbons (Fsp3) is 0.375. The third kappa shape index (κ3) is 8.48. The molecule has 6 nitrogen and oxygen atoms in total. The van der Waals surface area contributed by atoms with Crippen molar-refractivity contribution in [2.24, 2.45) is 5.41 Å². The second-order valence-electron chi connectivity index (χ2n) is 17.1. The highest BCUT2D eigenvalue weighted by atomic mass is 32.2. The average molecular weight is 758 g/mol. The Morgan fingerprint density at radius 3 is 2.05 bits per heavy atom. The molecule has 55 heavy (non-hydrogen) atoms. The molecule has 2 aliphatic heterocycles. The van der Waals surface area contributed by atoms with Gasteiger partial charge in [0.05, 0.1) is 22.2 Å². The van der Waals surface area contributed by atoms with E-state index in [1.165, 1.54) is 49.7 Å². The van der Waals surface area contributed by atoms with Gasteiger partial charge in [-0.25, -0.2) is 0 Å². The highest BCUT2D eigenvalue weighted by Gasteiger charge is 2.45. The van der Waals surface area contributed by atoms with Crippen LogP contribution in [0.4, 0.5) is 11.4 Å². The molecule has 0 atom stereocenters. The van der Waals surface area contributed by atoms with Gasteiger partial charge in [-0.3, -0.25) is 9.35 Å². The van der Waals surface area contributed by atoms with Crippen LogP contribution in [0.3, 0.4) is 0 Å². The van der Waals surface area contributed by atoms with Crippen LogP contribution in [0.15, 0.2) is 121 Å². The first-order valence-electron chi connectivity index (χ1n) is 19.7. The summed E-state index contributed by atoms with van der Waals surface area (Å²) in [7, 11) is -4.00. The number of unbranched alkanes of at least 4 members (excludes halogenated alkanes) is 2. The number of hydrogen-bond acceptors (Lipinski definition) is 4. The summed E-state index contributed by atoms with van der Waals surface area (Å²) >= 11 is 0. The number of rotatable bonds is 14. The zero-order valence-electron chi connectivity index (χ0n) is 33.6. The van der Waals surface area contributed by atoms with Crippen LogP contribution in [0.2, 0.25) is 0 Å². The lowest BCUT2D eigenvalue weighted by atomic mass is 9.80. The van der Waals surface area contributed by atoms with Gasteiger partial charge in [-0.05, 0) is 61.6 Å². The van der Waals surface area contributed by atoms with Gasteiger partial charge in [0.2, 0.25) is 5.69 Å². The first kappa shape index (κ1) is 40.1. The number of nitrogens with zero attached hydrogens (tertiary/aromatic N) is 2. The molecule has 288 valence electrons. The number of fused-ring (bicyclic) bond motifs is 6. The van der Waals surface area contributed by atoms with E-state index in [1.807, 2.05) is 20.8 Å². The van der Waals surface area contributed by atoms with E-state index in [0.717, 1.165) is 25.1 Å². The maximum atomic E-state index is 12.7. The zero-order chi connectivity index (χ0) is 39.6. The molecule has 0 amide bonds. The smallest absolute Gasteiger partial charge is 0.264 e. The maximum Gasteiger partial charge on any atom is 0.264 e. The third-order valence-corrected chi connectivity index (χ3v) is 12.2. The highest BCUT2D eigenvalue weighted by Crippen LogP contribution is 2.51. The van der Waals surface area contributed by atoms with Gasteiger partial charge in [0.1, 0.15) is 12.3 Å². The number of carbonyl (C=O) groups is 1. The third-order valence-electron chi connectivity index (χ3n) is 11.4. The largest absolute Gasteiger partial charge is 0.343 e. The highest BCUT2D eigenvalue weighted by molar-refractivity contribution is 7.85. The molecule has 0 radical (unpaired) electrons. The van der Waals surface area contributed by atoms with Crippen molar-refractivity contribution in [3.8, 4) is 0 Å². The summed E-state index contributed by atoms with van der Waals surface area (Å²) in [6, 6.07) is 25.9. The van der Waals surface area contributed by atoms with Crippen molar-refractivity contribution in [1.82, 2.24) is 0 Å². The zero-order valence-corrected chi connectivity index (χ0v) is 34.4. The van der Waals surface area contributed by atoms with E-state index < -0.39 is 10.1 Å². The van der Waals surface area contributed by atoms with Crippen molar-refractivity contribution in [2.75, 3.05) is 23.7 Å². The monoisotopic (exact) mass is 757 g/mol. The number of ketones is 1. The molecule has 2 aliphatic rings. The lowest BCUT2D eigenvalue weighted by Crippen LogP contribution is -2.28. The van der Waals surface area contributed by atoms with Crippen molar-refractivity contribution in [2.45, 2.75) is 91.4 Å². The van der Waals surface area contributed by atoms with Gasteiger partial charge < -0.3 is 4.90 Å². The molecule has 0 spiro atoms. The van der Waals surface area contributed by atoms with Gasteiger partial charge in [0.25, 0.3) is 10.1 Å². The lowest BCUT2D eigenvalue weighted by Gasteiger charge is -2.27. The molecule has 6 rings (SSSR count). The molecule has 4 aromatic rings. The van der Waals surface area contributed by atoms with E-state index in [4.69, 9.17) is 0 Å². The Balaban J connectivity index is 1.25. The van der Waals surface area contributed by atoms with Gasteiger partial charge in [0, 0.05) is 52.9 Å². The summed E-state index contributed by atoms with van der Waals surface area (Å²) in [5.41, 5.74) is 6.65. The van der Waals surface area contributed by atoms with Crippen molar-refractivity contribution in [3.63, 3.8) is 0 Å². The maximum absolute atomic E-state index is 12.7. The summed E-state index contributed by atoms with van der Waals surface area (Å²) in [6.07, 6.45) is 18.2. The molecule has 0 aliphatic carbocycles. The summed E-state index contributed by atoms with van der Waals surface area (Å²) in [5, 5.41) is 4.83. The fourth-order valence-corrected chi connectivity index (χ4v) is 8.89. The van der Waals surface area contributed by atoms with Gasteiger partial charge in [-0.2, -0.15) is 13.0 Å². The van der Waals surface area contributed by atoms with Crippen molar-refractivity contribution in [1.29, 1.82) is 0 Å². The topological polar surface area (TPSA) is 77.7 Å². The van der Waals surface area contributed by atoms with Crippen molar-refractivity contribution in [3.05, 3.63) is 132 Å².